The number of thioether (sulfide) groups is 1. The maximum atomic E-state index is 11.1. The fourth-order valence-corrected chi connectivity index (χ4v) is 1.18. The van der Waals surface area contributed by atoms with Crippen LogP contribution < -0.4 is 5.32 Å². The fraction of sp³-hybridized carbons (Fsp3) is 0.667. The molecule has 0 aromatic carbocycles. The Labute approximate surface area is 79.9 Å². The van der Waals surface area contributed by atoms with Gasteiger partial charge in [0, 0.05) is 0 Å². The molecule has 1 heterocycles. The number of carbonyl (C=O) groups excluding carboxylic acids is 1. The molecule has 0 fully saturated rings. The average Bonchev–Trinajstić information content (AvgIpc) is 2.55. The van der Waals surface area contributed by atoms with Crippen molar-refractivity contribution in [3.05, 3.63) is 5.82 Å². The zero-order valence-electron chi connectivity index (χ0n) is 7.44. The minimum atomic E-state index is -0.196. The summed E-state index contributed by atoms with van der Waals surface area (Å²) in [7, 11) is 0. The smallest absolute Gasteiger partial charge is 0.230 e. The van der Waals surface area contributed by atoms with Crippen LogP contribution in [0.1, 0.15) is 18.8 Å². The van der Waals surface area contributed by atoms with Gasteiger partial charge in [0.2, 0.25) is 5.91 Å². The van der Waals surface area contributed by atoms with Crippen molar-refractivity contribution < 1.29 is 4.79 Å². The topological polar surface area (TPSA) is 83.6 Å². The van der Waals surface area contributed by atoms with Crippen molar-refractivity contribution in [3.63, 3.8) is 0 Å². The Balaban J connectivity index is 2.42. The molecular weight excluding hydrogens is 190 g/mol. The molecule has 0 saturated heterocycles. The average molecular weight is 201 g/mol. The normalized spacial score (nSPS) is 12.5. The number of amides is 1. The summed E-state index contributed by atoms with van der Waals surface area (Å²) in [5.41, 5.74) is 0. The number of aromatic nitrogens is 4. The largest absolute Gasteiger partial charge is 0.345 e. The van der Waals surface area contributed by atoms with Crippen molar-refractivity contribution in [1.82, 2.24) is 25.9 Å². The van der Waals surface area contributed by atoms with Crippen molar-refractivity contribution in [2.45, 2.75) is 13.0 Å². The molecule has 0 aliphatic heterocycles. The zero-order valence-corrected chi connectivity index (χ0v) is 8.26. The third-order valence-corrected chi connectivity index (χ3v) is 1.95. The summed E-state index contributed by atoms with van der Waals surface area (Å²) in [6.07, 6.45) is 1.87. The number of nitrogens with one attached hydrogen (secondary N) is 2. The van der Waals surface area contributed by atoms with Crippen LogP contribution in [0, 0.1) is 0 Å². The van der Waals surface area contributed by atoms with Crippen LogP contribution in [0.4, 0.5) is 0 Å². The highest BCUT2D eigenvalue weighted by Gasteiger charge is 2.12. The Morgan fingerprint density at radius 2 is 2.54 bits per heavy atom. The monoisotopic (exact) mass is 201 g/mol. The lowest BCUT2D eigenvalue weighted by molar-refractivity contribution is -0.119. The second kappa shape index (κ2) is 4.80. The number of nitrogens with zero attached hydrogens (tertiary/aromatic N) is 3. The van der Waals surface area contributed by atoms with Crippen molar-refractivity contribution in [3.8, 4) is 0 Å². The van der Waals surface area contributed by atoms with Gasteiger partial charge in [0.05, 0.1) is 11.8 Å². The number of carbonyl (C=O) groups is 1. The van der Waals surface area contributed by atoms with Gasteiger partial charge in [-0.15, -0.1) is 10.2 Å². The zero-order chi connectivity index (χ0) is 9.68. The lowest BCUT2D eigenvalue weighted by Gasteiger charge is -2.08. The minimum absolute atomic E-state index is 0.0233. The van der Waals surface area contributed by atoms with Crippen molar-refractivity contribution in [2.24, 2.45) is 0 Å². The third-order valence-electron chi connectivity index (χ3n) is 1.40. The molecule has 7 heteroatoms. The summed E-state index contributed by atoms with van der Waals surface area (Å²) >= 11 is 1.47. The first-order valence-electron chi connectivity index (χ1n) is 3.75. The Morgan fingerprint density at radius 3 is 3.08 bits per heavy atom. The molecule has 1 unspecified atom stereocenters. The molecule has 6 nitrogen and oxygen atoms in total. The molecule has 1 aromatic rings. The molecule has 0 aliphatic rings. The van der Waals surface area contributed by atoms with E-state index in [1.54, 1.807) is 0 Å². The number of hydrogen-bond acceptors (Lipinski definition) is 5. The summed E-state index contributed by atoms with van der Waals surface area (Å²) in [6.45, 7) is 1.81. The molecule has 13 heavy (non-hydrogen) atoms. The summed E-state index contributed by atoms with van der Waals surface area (Å²) in [6, 6.07) is -0.196. The summed E-state index contributed by atoms with van der Waals surface area (Å²) in [4.78, 5) is 11.1. The van der Waals surface area contributed by atoms with Crippen LogP contribution in [-0.4, -0.2) is 38.5 Å². The van der Waals surface area contributed by atoms with E-state index in [4.69, 9.17) is 0 Å². The number of tetrazole rings is 1. The predicted molar refractivity (Wildman–Crippen MR) is 49.1 cm³/mol. The van der Waals surface area contributed by atoms with Crippen LogP contribution in [0.15, 0.2) is 0 Å². The van der Waals surface area contributed by atoms with E-state index in [2.05, 4.69) is 25.9 Å². The lowest BCUT2D eigenvalue weighted by atomic mass is 10.3. The molecule has 0 aliphatic carbocycles. The first-order chi connectivity index (χ1) is 6.24. The van der Waals surface area contributed by atoms with Gasteiger partial charge in [0.25, 0.3) is 0 Å². The lowest BCUT2D eigenvalue weighted by Crippen LogP contribution is -2.28. The van der Waals surface area contributed by atoms with Crippen LogP contribution in [0.25, 0.3) is 0 Å². The third kappa shape index (κ3) is 3.02. The van der Waals surface area contributed by atoms with Gasteiger partial charge in [-0.25, -0.2) is 0 Å². The number of rotatable bonds is 4. The van der Waals surface area contributed by atoms with Crippen molar-refractivity contribution in [1.29, 1.82) is 0 Å². The van der Waals surface area contributed by atoms with Gasteiger partial charge in [-0.05, 0) is 13.2 Å². The second-order valence-corrected chi connectivity index (χ2v) is 3.36. The Morgan fingerprint density at radius 1 is 1.77 bits per heavy atom. The van der Waals surface area contributed by atoms with Gasteiger partial charge in [0.1, 0.15) is 0 Å². The van der Waals surface area contributed by atoms with Gasteiger partial charge in [-0.3, -0.25) is 4.79 Å². The van der Waals surface area contributed by atoms with Crippen LogP contribution in [0.2, 0.25) is 0 Å². The maximum Gasteiger partial charge on any atom is 0.230 e. The van der Waals surface area contributed by atoms with Crippen LogP contribution in [0.5, 0.6) is 0 Å². The van der Waals surface area contributed by atoms with Gasteiger partial charge < -0.3 is 5.32 Å². The van der Waals surface area contributed by atoms with Gasteiger partial charge in [0.15, 0.2) is 5.82 Å². The molecule has 1 amide bonds. The number of hydrogen-bond donors (Lipinski definition) is 2. The van der Waals surface area contributed by atoms with E-state index in [0.717, 1.165) is 0 Å². The molecule has 72 valence electrons. The first kappa shape index (κ1) is 9.97. The SMILES string of the molecule is CSCC(=O)NC(C)c1nn[nH]n1. The second-order valence-electron chi connectivity index (χ2n) is 2.49. The van der Waals surface area contributed by atoms with Gasteiger partial charge in [-0.1, -0.05) is 5.21 Å². The number of aromatic amines is 1. The van der Waals surface area contributed by atoms with Gasteiger partial charge >= 0.3 is 0 Å². The highest BCUT2D eigenvalue weighted by atomic mass is 32.2. The van der Waals surface area contributed by atoms with Crippen LogP contribution >= 0.6 is 11.8 Å². The maximum absolute atomic E-state index is 11.1. The molecule has 0 saturated carbocycles. The van der Waals surface area contributed by atoms with E-state index in [1.807, 2.05) is 13.2 Å². The molecule has 1 rings (SSSR count). The standard InChI is InChI=1S/C6H11N5OS/c1-4(6-8-10-11-9-6)7-5(12)3-13-2/h4H,3H2,1-2H3,(H,7,12)(H,8,9,10,11). The molecule has 2 N–H and O–H groups in total. The Kier molecular flexibility index (Phi) is 3.69. The number of H-pyrrole nitrogens is 1. The van der Waals surface area contributed by atoms with Crippen LogP contribution in [0.3, 0.4) is 0 Å². The fourth-order valence-electron chi connectivity index (χ4n) is 0.832. The highest BCUT2D eigenvalue weighted by Crippen LogP contribution is 2.03. The first-order valence-corrected chi connectivity index (χ1v) is 5.15. The van der Waals surface area contributed by atoms with E-state index in [1.165, 1.54) is 11.8 Å². The van der Waals surface area contributed by atoms with Gasteiger partial charge in [-0.2, -0.15) is 17.0 Å². The van der Waals surface area contributed by atoms with E-state index in [9.17, 15) is 4.79 Å². The molecule has 1 aromatic heterocycles. The quantitative estimate of drug-likeness (QED) is 0.701. The summed E-state index contributed by atoms with van der Waals surface area (Å²) in [5.74, 6) is 0.918. The molecule has 0 radical (unpaired) electrons. The van der Waals surface area contributed by atoms with E-state index >= 15 is 0 Å². The van der Waals surface area contributed by atoms with Crippen LogP contribution in [-0.2, 0) is 4.79 Å². The molecular formula is C6H11N5OS. The molecule has 0 bridgehead atoms. The summed E-state index contributed by atoms with van der Waals surface area (Å²) < 4.78 is 0. The van der Waals surface area contributed by atoms with Crippen molar-refractivity contribution >= 4 is 17.7 Å². The van der Waals surface area contributed by atoms with E-state index in [-0.39, 0.29) is 11.9 Å². The van der Waals surface area contributed by atoms with E-state index in [0.29, 0.717) is 11.6 Å². The minimum Gasteiger partial charge on any atom is -0.345 e. The predicted octanol–water partition coefficient (Wildman–Crippen LogP) is -0.260. The Bertz CT molecular complexity index is 262. The Hall–Kier alpha value is -1.11. The van der Waals surface area contributed by atoms with Crippen molar-refractivity contribution in [2.75, 3.05) is 12.0 Å². The summed E-state index contributed by atoms with van der Waals surface area (Å²) in [5, 5.41) is 16.0. The highest BCUT2D eigenvalue weighted by molar-refractivity contribution is 7.99. The molecule has 1 atom stereocenters. The van der Waals surface area contributed by atoms with E-state index < -0.39 is 0 Å². The molecule has 0 spiro atoms.